The van der Waals surface area contributed by atoms with Crippen molar-refractivity contribution in [1.82, 2.24) is 5.32 Å². The first kappa shape index (κ1) is 13.3. The van der Waals surface area contributed by atoms with Gasteiger partial charge in [0.1, 0.15) is 17.6 Å². The van der Waals surface area contributed by atoms with E-state index < -0.39 is 0 Å². The zero-order valence-electron chi connectivity index (χ0n) is 10.5. The van der Waals surface area contributed by atoms with Crippen LogP contribution in [0.3, 0.4) is 0 Å². The highest BCUT2D eigenvalue weighted by Gasteiger charge is 2.06. The van der Waals surface area contributed by atoms with Crippen LogP contribution in [0.1, 0.15) is 19.4 Å². The summed E-state index contributed by atoms with van der Waals surface area (Å²) in [5.41, 5.74) is 1.02. The molecule has 0 amide bonds. The number of ether oxygens (including phenoxy) is 2. The van der Waals surface area contributed by atoms with Crippen molar-refractivity contribution >= 4 is 0 Å². The summed E-state index contributed by atoms with van der Waals surface area (Å²) >= 11 is 0. The molecular formula is C13H18N2O2. The minimum atomic E-state index is 0.0435. The molecule has 0 atom stereocenters. The Kier molecular flexibility index (Phi) is 5.31. The molecule has 0 aliphatic rings. The molecule has 0 aliphatic heterocycles. The van der Waals surface area contributed by atoms with Crippen LogP contribution in [0.5, 0.6) is 11.5 Å². The van der Waals surface area contributed by atoms with Crippen LogP contribution in [-0.2, 0) is 6.54 Å². The van der Waals surface area contributed by atoms with Crippen molar-refractivity contribution in [3.8, 4) is 17.6 Å². The van der Waals surface area contributed by atoms with Gasteiger partial charge in [0.25, 0.3) is 0 Å². The van der Waals surface area contributed by atoms with Crippen LogP contribution in [0.15, 0.2) is 18.2 Å². The van der Waals surface area contributed by atoms with Gasteiger partial charge in [0.2, 0.25) is 0 Å². The molecule has 0 heterocycles. The van der Waals surface area contributed by atoms with E-state index in [1.54, 1.807) is 13.2 Å². The monoisotopic (exact) mass is 234 g/mol. The SMILES string of the molecule is COc1ccc(CNC(C)C)c(OCC#N)c1. The fourth-order valence-corrected chi connectivity index (χ4v) is 1.37. The average molecular weight is 234 g/mol. The van der Waals surface area contributed by atoms with E-state index in [1.165, 1.54) is 0 Å². The largest absolute Gasteiger partial charge is 0.497 e. The van der Waals surface area contributed by atoms with Crippen LogP contribution in [-0.4, -0.2) is 19.8 Å². The lowest BCUT2D eigenvalue weighted by Crippen LogP contribution is -2.22. The van der Waals surface area contributed by atoms with E-state index in [0.29, 0.717) is 18.3 Å². The minimum Gasteiger partial charge on any atom is -0.497 e. The molecule has 0 fully saturated rings. The van der Waals surface area contributed by atoms with Crippen LogP contribution in [0, 0.1) is 11.3 Å². The number of rotatable bonds is 6. The predicted octanol–water partition coefficient (Wildman–Crippen LogP) is 2.10. The van der Waals surface area contributed by atoms with Gasteiger partial charge in [-0.1, -0.05) is 19.9 Å². The summed E-state index contributed by atoms with van der Waals surface area (Å²) in [6, 6.07) is 8.00. The summed E-state index contributed by atoms with van der Waals surface area (Å²) in [5.74, 6) is 1.42. The minimum absolute atomic E-state index is 0.0435. The van der Waals surface area contributed by atoms with Crippen LogP contribution in [0.4, 0.5) is 0 Å². The average Bonchev–Trinajstić information content (AvgIpc) is 2.34. The molecule has 92 valence electrons. The molecule has 1 aromatic carbocycles. The number of nitrogens with zero attached hydrogens (tertiary/aromatic N) is 1. The Morgan fingerprint density at radius 2 is 2.18 bits per heavy atom. The quantitative estimate of drug-likeness (QED) is 0.819. The zero-order valence-corrected chi connectivity index (χ0v) is 10.5. The number of nitriles is 1. The van der Waals surface area contributed by atoms with Crippen LogP contribution in [0.25, 0.3) is 0 Å². The molecule has 0 aliphatic carbocycles. The number of methoxy groups -OCH3 is 1. The highest BCUT2D eigenvalue weighted by molar-refractivity contribution is 5.40. The van der Waals surface area contributed by atoms with E-state index in [4.69, 9.17) is 14.7 Å². The van der Waals surface area contributed by atoms with Crippen molar-refractivity contribution in [2.45, 2.75) is 26.4 Å². The standard InChI is InChI=1S/C13H18N2O2/c1-10(2)15-9-11-4-5-12(16-3)8-13(11)17-7-6-14/h4-5,8,10,15H,7,9H2,1-3H3. The summed E-state index contributed by atoms with van der Waals surface area (Å²) in [6.45, 7) is 4.92. The normalized spacial score (nSPS) is 10.1. The maximum atomic E-state index is 8.54. The maximum absolute atomic E-state index is 8.54. The van der Waals surface area contributed by atoms with Gasteiger partial charge in [-0.25, -0.2) is 0 Å². The van der Waals surface area contributed by atoms with Crippen LogP contribution >= 0.6 is 0 Å². The third kappa shape index (κ3) is 4.33. The molecule has 17 heavy (non-hydrogen) atoms. The second-order valence-corrected chi connectivity index (χ2v) is 3.96. The summed E-state index contributed by atoms with van der Waals surface area (Å²) in [7, 11) is 1.61. The predicted molar refractivity (Wildman–Crippen MR) is 66.1 cm³/mol. The molecule has 0 radical (unpaired) electrons. The van der Waals surface area contributed by atoms with Crippen molar-refractivity contribution in [2.24, 2.45) is 0 Å². The van der Waals surface area contributed by atoms with Crippen LogP contribution in [0.2, 0.25) is 0 Å². The Hall–Kier alpha value is -1.73. The Labute approximate surface area is 102 Å². The molecular weight excluding hydrogens is 216 g/mol. The van der Waals surface area contributed by atoms with Gasteiger partial charge < -0.3 is 14.8 Å². The highest BCUT2D eigenvalue weighted by atomic mass is 16.5. The van der Waals surface area contributed by atoms with Gasteiger partial charge in [0.05, 0.1) is 7.11 Å². The number of hydrogen-bond acceptors (Lipinski definition) is 4. The van der Waals surface area contributed by atoms with E-state index in [9.17, 15) is 0 Å². The first-order chi connectivity index (χ1) is 8.17. The highest BCUT2D eigenvalue weighted by Crippen LogP contribution is 2.24. The van der Waals surface area contributed by atoms with Gasteiger partial charge >= 0.3 is 0 Å². The van der Waals surface area contributed by atoms with Gasteiger partial charge in [-0.3, -0.25) is 0 Å². The van der Waals surface area contributed by atoms with Gasteiger partial charge in [0.15, 0.2) is 6.61 Å². The number of hydrogen-bond donors (Lipinski definition) is 1. The zero-order chi connectivity index (χ0) is 12.7. The van der Waals surface area contributed by atoms with Gasteiger partial charge in [-0.15, -0.1) is 0 Å². The molecule has 4 nitrogen and oxygen atoms in total. The van der Waals surface area contributed by atoms with Crippen molar-refractivity contribution in [1.29, 1.82) is 5.26 Å². The molecule has 1 aromatic rings. The first-order valence-corrected chi connectivity index (χ1v) is 5.57. The maximum Gasteiger partial charge on any atom is 0.174 e. The van der Waals surface area contributed by atoms with E-state index in [1.807, 2.05) is 18.2 Å². The molecule has 0 saturated carbocycles. The molecule has 0 bridgehead atoms. The fraction of sp³-hybridized carbons (Fsp3) is 0.462. The Balaban J connectivity index is 2.82. The van der Waals surface area contributed by atoms with Crippen molar-refractivity contribution in [2.75, 3.05) is 13.7 Å². The molecule has 0 saturated heterocycles. The summed E-state index contributed by atoms with van der Waals surface area (Å²) in [4.78, 5) is 0. The van der Waals surface area contributed by atoms with Crippen LogP contribution < -0.4 is 14.8 Å². The second kappa shape index (κ2) is 6.77. The lowest BCUT2D eigenvalue weighted by atomic mass is 10.2. The summed E-state index contributed by atoms with van der Waals surface area (Å²) < 4.78 is 10.5. The van der Waals surface area contributed by atoms with Gasteiger partial charge in [-0.2, -0.15) is 5.26 Å². The Bertz CT molecular complexity index is 397. The third-order valence-corrected chi connectivity index (χ3v) is 2.27. The molecule has 0 unspecified atom stereocenters. The summed E-state index contributed by atoms with van der Waals surface area (Å²) in [6.07, 6.45) is 0. The lowest BCUT2D eigenvalue weighted by Gasteiger charge is -2.13. The fourth-order valence-electron chi connectivity index (χ4n) is 1.37. The number of nitrogens with one attached hydrogen (secondary N) is 1. The first-order valence-electron chi connectivity index (χ1n) is 5.57. The van der Waals surface area contributed by atoms with Gasteiger partial charge in [-0.05, 0) is 6.07 Å². The topological polar surface area (TPSA) is 54.3 Å². The van der Waals surface area contributed by atoms with Crippen molar-refractivity contribution < 1.29 is 9.47 Å². The molecule has 4 heteroatoms. The van der Waals surface area contributed by atoms with Crippen molar-refractivity contribution in [3.63, 3.8) is 0 Å². The van der Waals surface area contributed by atoms with E-state index in [0.717, 1.165) is 11.3 Å². The Morgan fingerprint density at radius 1 is 1.41 bits per heavy atom. The van der Waals surface area contributed by atoms with Crippen molar-refractivity contribution in [3.05, 3.63) is 23.8 Å². The van der Waals surface area contributed by atoms with E-state index in [2.05, 4.69) is 19.2 Å². The molecule has 1 rings (SSSR count). The molecule has 1 N–H and O–H groups in total. The lowest BCUT2D eigenvalue weighted by molar-refractivity contribution is 0.355. The summed E-state index contributed by atoms with van der Waals surface area (Å²) in [5, 5.41) is 11.9. The van der Waals surface area contributed by atoms with E-state index >= 15 is 0 Å². The third-order valence-electron chi connectivity index (χ3n) is 2.27. The van der Waals surface area contributed by atoms with Gasteiger partial charge in [0, 0.05) is 24.2 Å². The molecule has 0 spiro atoms. The molecule has 0 aromatic heterocycles. The smallest absolute Gasteiger partial charge is 0.174 e. The number of benzene rings is 1. The van der Waals surface area contributed by atoms with E-state index in [-0.39, 0.29) is 6.61 Å². The Morgan fingerprint density at radius 3 is 2.76 bits per heavy atom. The second-order valence-electron chi connectivity index (χ2n) is 3.96.